The lowest BCUT2D eigenvalue weighted by molar-refractivity contribution is -0.151. The largest absolute Gasteiger partial charge is 0.492 e. The van der Waals surface area contributed by atoms with Gasteiger partial charge in [0, 0.05) is 18.1 Å². The van der Waals surface area contributed by atoms with Gasteiger partial charge in [-0.05, 0) is 43.1 Å². The van der Waals surface area contributed by atoms with Crippen LogP contribution in [0.5, 0.6) is 5.75 Å². The van der Waals surface area contributed by atoms with Gasteiger partial charge in [-0.15, -0.1) is 0 Å². The highest BCUT2D eigenvalue weighted by Crippen LogP contribution is 2.37. The molecule has 1 aromatic rings. The van der Waals surface area contributed by atoms with Crippen molar-refractivity contribution in [3.8, 4) is 5.75 Å². The predicted molar refractivity (Wildman–Crippen MR) is 82.9 cm³/mol. The van der Waals surface area contributed by atoms with Gasteiger partial charge in [0.2, 0.25) is 0 Å². The van der Waals surface area contributed by atoms with Crippen molar-refractivity contribution in [2.75, 3.05) is 26.2 Å². The van der Waals surface area contributed by atoms with E-state index in [1.165, 1.54) is 0 Å². The Morgan fingerprint density at radius 1 is 1.43 bits per heavy atom. The van der Waals surface area contributed by atoms with E-state index in [9.17, 15) is 9.90 Å². The fraction of sp³-hybridized carbons (Fsp3) is 0.562. The van der Waals surface area contributed by atoms with Crippen LogP contribution in [0.4, 0.5) is 0 Å². The highest BCUT2D eigenvalue weighted by molar-refractivity contribution is 6.30. The van der Waals surface area contributed by atoms with Gasteiger partial charge in [-0.3, -0.25) is 9.69 Å². The van der Waals surface area contributed by atoms with Gasteiger partial charge in [0.25, 0.3) is 0 Å². The molecule has 1 unspecified atom stereocenters. The summed E-state index contributed by atoms with van der Waals surface area (Å²) in [7, 11) is 0. The maximum Gasteiger partial charge on any atom is 0.311 e. The second-order valence-corrected chi connectivity index (χ2v) is 6.38. The van der Waals surface area contributed by atoms with Crippen molar-refractivity contribution in [3.63, 3.8) is 0 Å². The van der Waals surface area contributed by atoms with Crippen molar-refractivity contribution < 1.29 is 14.6 Å². The molecule has 2 rings (SSSR count). The highest BCUT2D eigenvalue weighted by atomic mass is 35.5. The topological polar surface area (TPSA) is 49.8 Å². The number of hydrogen-bond acceptors (Lipinski definition) is 3. The average Bonchev–Trinajstić information content (AvgIpc) is 2.87. The van der Waals surface area contributed by atoms with E-state index in [4.69, 9.17) is 16.3 Å². The first kappa shape index (κ1) is 16.1. The van der Waals surface area contributed by atoms with E-state index >= 15 is 0 Å². The number of ether oxygens (including phenoxy) is 1. The number of nitrogens with zero attached hydrogens (tertiary/aromatic N) is 1. The number of aliphatic carboxylic acids is 1. The summed E-state index contributed by atoms with van der Waals surface area (Å²) in [6.07, 6.45) is 0.709. The molecule has 0 amide bonds. The molecule has 1 aliphatic heterocycles. The van der Waals surface area contributed by atoms with E-state index in [0.29, 0.717) is 24.6 Å². The van der Waals surface area contributed by atoms with Crippen molar-refractivity contribution in [1.82, 2.24) is 4.90 Å². The molecule has 0 spiro atoms. The maximum atomic E-state index is 11.6. The second-order valence-electron chi connectivity index (χ2n) is 5.94. The molecule has 0 saturated carbocycles. The number of halogens is 1. The molecule has 1 saturated heterocycles. The number of rotatable bonds is 6. The summed E-state index contributed by atoms with van der Waals surface area (Å²) >= 11 is 5.82. The van der Waals surface area contributed by atoms with Crippen LogP contribution in [0.2, 0.25) is 5.02 Å². The second kappa shape index (κ2) is 6.67. The molecule has 1 heterocycles. The summed E-state index contributed by atoms with van der Waals surface area (Å²) in [4.78, 5) is 13.7. The van der Waals surface area contributed by atoms with Crippen LogP contribution in [0, 0.1) is 11.3 Å². The first-order valence-corrected chi connectivity index (χ1v) is 7.66. The summed E-state index contributed by atoms with van der Waals surface area (Å²) in [6.45, 7) is 6.68. The number of carboxylic acid groups (broad SMARTS) is 1. The van der Waals surface area contributed by atoms with Crippen LogP contribution in [0.1, 0.15) is 20.3 Å². The normalized spacial score (nSPS) is 22.7. The summed E-state index contributed by atoms with van der Waals surface area (Å²) in [6, 6.07) is 7.26. The molecule has 1 N–H and O–H groups in total. The molecule has 0 aliphatic carbocycles. The maximum absolute atomic E-state index is 11.6. The van der Waals surface area contributed by atoms with Crippen LogP contribution in [-0.4, -0.2) is 42.2 Å². The van der Waals surface area contributed by atoms with Gasteiger partial charge in [0.05, 0.1) is 5.41 Å². The molecular weight excluding hydrogens is 290 g/mol. The molecule has 1 atom stereocenters. The van der Waals surface area contributed by atoms with Crippen LogP contribution in [0.25, 0.3) is 0 Å². The lowest BCUT2D eigenvalue weighted by Crippen LogP contribution is -2.39. The van der Waals surface area contributed by atoms with E-state index < -0.39 is 11.4 Å². The van der Waals surface area contributed by atoms with Crippen LogP contribution in [0.15, 0.2) is 24.3 Å². The summed E-state index contributed by atoms with van der Waals surface area (Å²) in [5, 5.41) is 10.2. The molecule has 1 aromatic carbocycles. The SMILES string of the molecule is CC(C)C1(C(=O)O)CCN(CCOc2ccc(Cl)cc2)C1. The van der Waals surface area contributed by atoms with Crippen LogP contribution < -0.4 is 4.74 Å². The minimum Gasteiger partial charge on any atom is -0.492 e. The Morgan fingerprint density at radius 3 is 2.62 bits per heavy atom. The Labute approximate surface area is 130 Å². The molecule has 0 radical (unpaired) electrons. The Balaban J connectivity index is 1.83. The molecule has 1 aliphatic rings. The zero-order chi connectivity index (χ0) is 15.5. The van der Waals surface area contributed by atoms with E-state index in [1.807, 2.05) is 26.0 Å². The molecule has 0 bridgehead atoms. The Kier molecular flexibility index (Phi) is 5.12. The lowest BCUT2D eigenvalue weighted by atomic mass is 9.76. The minimum absolute atomic E-state index is 0.136. The fourth-order valence-corrected chi connectivity index (χ4v) is 2.95. The third kappa shape index (κ3) is 3.69. The molecule has 5 heteroatoms. The zero-order valence-electron chi connectivity index (χ0n) is 12.5. The van der Waals surface area contributed by atoms with Crippen molar-refractivity contribution in [3.05, 3.63) is 29.3 Å². The molecule has 1 fully saturated rings. The summed E-state index contributed by atoms with van der Waals surface area (Å²) in [5.74, 6) is 0.239. The van der Waals surface area contributed by atoms with E-state index in [2.05, 4.69) is 4.90 Å². The fourth-order valence-electron chi connectivity index (χ4n) is 2.82. The molecule has 116 valence electrons. The highest BCUT2D eigenvalue weighted by Gasteiger charge is 2.46. The number of carboxylic acids is 1. The first-order valence-electron chi connectivity index (χ1n) is 7.28. The number of carbonyl (C=O) groups is 1. The van der Waals surface area contributed by atoms with E-state index in [1.54, 1.807) is 12.1 Å². The monoisotopic (exact) mass is 311 g/mol. The predicted octanol–water partition coefficient (Wildman–Crippen LogP) is 3.15. The van der Waals surface area contributed by atoms with Gasteiger partial charge < -0.3 is 9.84 Å². The summed E-state index contributed by atoms with van der Waals surface area (Å²) in [5.41, 5.74) is -0.611. The van der Waals surface area contributed by atoms with Crippen LogP contribution >= 0.6 is 11.6 Å². The van der Waals surface area contributed by atoms with Crippen molar-refractivity contribution >= 4 is 17.6 Å². The minimum atomic E-state index is -0.682. The van der Waals surface area contributed by atoms with E-state index in [0.717, 1.165) is 18.8 Å². The smallest absolute Gasteiger partial charge is 0.311 e. The standard InChI is InChI=1S/C16H22ClNO3/c1-12(2)16(15(19)20)7-8-18(11-16)9-10-21-14-5-3-13(17)4-6-14/h3-6,12H,7-11H2,1-2H3,(H,19,20). The number of hydrogen-bond donors (Lipinski definition) is 1. The first-order chi connectivity index (χ1) is 9.94. The average molecular weight is 312 g/mol. The molecule has 0 aromatic heterocycles. The Morgan fingerprint density at radius 2 is 2.10 bits per heavy atom. The number of benzene rings is 1. The lowest BCUT2D eigenvalue weighted by Gasteiger charge is -2.28. The van der Waals surface area contributed by atoms with Gasteiger partial charge in [-0.25, -0.2) is 0 Å². The Bertz CT molecular complexity index is 489. The third-order valence-electron chi connectivity index (χ3n) is 4.40. The van der Waals surface area contributed by atoms with Gasteiger partial charge in [-0.1, -0.05) is 25.4 Å². The van der Waals surface area contributed by atoms with Crippen molar-refractivity contribution in [2.45, 2.75) is 20.3 Å². The molecular formula is C16H22ClNO3. The van der Waals surface area contributed by atoms with Crippen LogP contribution in [0.3, 0.4) is 0 Å². The summed E-state index contributed by atoms with van der Waals surface area (Å²) < 4.78 is 5.66. The van der Waals surface area contributed by atoms with E-state index in [-0.39, 0.29) is 5.92 Å². The molecule has 21 heavy (non-hydrogen) atoms. The van der Waals surface area contributed by atoms with Crippen LogP contribution in [-0.2, 0) is 4.79 Å². The number of likely N-dealkylation sites (tertiary alicyclic amines) is 1. The Hall–Kier alpha value is -1.26. The van der Waals surface area contributed by atoms with Gasteiger partial charge >= 0.3 is 5.97 Å². The quantitative estimate of drug-likeness (QED) is 0.877. The third-order valence-corrected chi connectivity index (χ3v) is 4.65. The zero-order valence-corrected chi connectivity index (χ0v) is 13.3. The van der Waals surface area contributed by atoms with Crippen molar-refractivity contribution in [2.24, 2.45) is 11.3 Å². The van der Waals surface area contributed by atoms with Gasteiger partial charge in [0.15, 0.2) is 0 Å². The molecule has 4 nitrogen and oxygen atoms in total. The van der Waals surface area contributed by atoms with Crippen molar-refractivity contribution in [1.29, 1.82) is 0 Å². The van der Waals surface area contributed by atoms with Gasteiger partial charge in [-0.2, -0.15) is 0 Å². The van der Waals surface area contributed by atoms with Gasteiger partial charge in [0.1, 0.15) is 12.4 Å².